The summed E-state index contributed by atoms with van der Waals surface area (Å²) in [6.07, 6.45) is 6.09. The van der Waals surface area contributed by atoms with Crippen LogP contribution in [0.25, 0.3) is 0 Å². The average Bonchev–Trinajstić information content (AvgIpc) is 3.25. The van der Waals surface area contributed by atoms with E-state index in [1.54, 1.807) is 19.2 Å². The number of carbonyl (C=O) groups is 1. The van der Waals surface area contributed by atoms with Gasteiger partial charge >= 0.3 is 0 Å². The van der Waals surface area contributed by atoms with E-state index in [1.165, 1.54) is 25.7 Å². The number of ether oxygens (including phenoxy) is 1. The van der Waals surface area contributed by atoms with Gasteiger partial charge in [-0.15, -0.1) is 24.0 Å². The van der Waals surface area contributed by atoms with Gasteiger partial charge in [0, 0.05) is 26.8 Å². The fourth-order valence-electron chi connectivity index (χ4n) is 3.34. The number of furan rings is 1. The number of halogens is 1. The second kappa shape index (κ2) is 11.4. The SMILES string of the molecule is CCOCCC1(CNC(=NC)NCc2ccc(C(N)=O)o2)CCCC1.I. The molecular weight excluding hydrogens is 447 g/mol. The number of amides is 1. The van der Waals surface area contributed by atoms with E-state index in [-0.39, 0.29) is 35.2 Å². The first kappa shape index (κ1) is 22.8. The smallest absolute Gasteiger partial charge is 0.284 e. The number of carbonyl (C=O) groups excluding carboxylic acids is 1. The molecule has 148 valence electrons. The largest absolute Gasteiger partial charge is 0.454 e. The minimum absolute atomic E-state index is 0. The van der Waals surface area contributed by atoms with Gasteiger partial charge in [0.2, 0.25) is 0 Å². The highest BCUT2D eigenvalue weighted by Gasteiger charge is 2.33. The van der Waals surface area contributed by atoms with Gasteiger partial charge in [-0.25, -0.2) is 0 Å². The van der Waals surface area contributed by atoms with Gasteiger partial charge < -0.3 is 25.5 Å². The second-order valence-electron chi connectivity index (χ2n) is 6.56. The number of rotatable bonds is 9. The maximum atomic E-state index is 11.1. The van der Waals surface area contributed by atoms with Gasteiger partial charge in [-0.1, -0.05) is 12.8 Å². The third kappa shape index (κ3) is 6.79. The van der Waals surface area contributed by atoms with Gasteiger partial charge in [0.25, 0.3) is 5.91 Å². The van der Waals surface area contributed by atoms with E-state index in [9.17, 15) is 4.79 Å². The zero-order valence-corrected chi connectivity index (χ0v) is 18.0. The average molecular weight is 478 g/mol. The van der Waals surface area contributed by atoms with Crippen LogP contribution >= 0.6 is 24.0 Å². The maximum Gasteiger partial charge on any atom is 0.284 e. The number of guanidine groups is 1. The number of nitrogens with two attached hydrogens (primary N) is 1. The lowest BCUT2D eigenvalue weighted by atomic mass is 9.83. The Morgan fingerprint density at radius 2 is 2.08 bits per heavy atom. The van der Waals surface area contributed by atoms with Crippen molar-refractivity contribution in [3.8, 4) is 0 Å². The monoisotopic (exact) mass is 478 g/mol. The molecule has 26 heavy (non-hydrogen) atoms. The maximum absolute atomic E-state index is 11.1. The molecule has 0 bridgehead atoms. The van der Waals surface area contributed by atoms with Crippen molar-refractivity contribution in [2.75, 3.05) is 26.8 Å². The van der Waals surface area contributed by atoms with Gasteiger partial charge in [-0.05, 0) is 43.7 Å². The Balaban J connectivity index is 0.00000338. The summed E-state index contributed by atoms with van der Waals surface area (Å²) in [5.41, 5.74) is 5.48. The molecule has 0 aliphatic heterocycles. The van der Waals surface area contributed by atoms with Gasteiger partial charge in [0.1, 0.15) is 5.76 Å². The Morgan fingerprint density at radius 3 is 2.65 bits per heavy atom. The summed E-state index contributed by atoms with van der Waals surface area (Å²) >= 11 is 0. The van der Waals surface area contributed by atoms with Crippen molar-refractivity contribution in [2.24, 2.45) is 16.1 Å². The normalized spacial score (nSPS) is 16.2. The van der Waals surface area contributed by atoms with Crippen LogP contribution in [-0.4, -0.2) is 38.7 Å². The van der Waals surface area contributed by atoms with E-state index in [0.29, 0.717) is 12.3 Å². The molecule has 0 unspecified atom stereocenters. The highest BCUT2D eigenvalue weighted by atomic mass is 127. The Kier molecular flexibility index (Phi) is 10.0. The zero-order chi connectivity index (χ0) is 18.1. The molecule has 1 aliphatic rings. The second-order valence-corrected chi connectivity index (χ2v) is 6.56. The first-order valence-corrected chi connectivity index (χ1v) is 8.99. The molecule has 1 amide bonds. The third-order valence-electron chi connectivity index (χ3n) is 4.83. The lowest BCUT2D eigenvalue weighted by molar-refractivity contribution is 0.0972. The minimum Gasteiger partial charge on any atom is -0.454 e. The van der Waals surface area contributed by atoms with Crippen LogP contribution in [0.1, 0.15) is 55.3 Å². The summed E-state index contributed by atoms with van der Waals surface area (Å²) in [5, 5.41) is 6.64. The molecule has 4 N–H and O–H groups in total. The Hall–Kier alpha value is -1.29. The molecule has 1 aliphatic carbocycles. The first-order valence-electron chi connectivity index (χ1n) is 8.99. The number of nitrogens with zero attached hydrogens (tertiary/aromatic N) is 1. The van der Waals surface area contributed by atoms with E-state index < -0.39 is 5.91 Å². The molecule has 0 spiro atoms. The summed E-state index contributed by atoms with van der Waals surface area (Å²) in [7, 11) is 1.74. The van der Waals surface area contributed by atoms with Gasteiger partial charge in [-0.2, -0.15) is 0 Å². The summed E-state index contributed by atoms with van der Waals surface area (Å²) in [5.74, 6) is 0.968. The molecule has 1 aromatic heterocycles. The molecule has 1 fully saturated rings. The van der Waals surface area contributed by atoms with Crippen LogP contribution in [0.5, 0.6) is 0 Å². The molecule has 1 aromatic rings. The molecule has 2 rings (SSSR count). The number of nitrogens with one attached hydrogen (secondary N) is 2. The van der Waals surface area contributed by atoms with Crippen molar-refractivity contribution >= 4 is 35.8 Å². The summed E-state index contributed by atoms with van der Waals surface area (Å²) < 4.78 is 10.9. The fraction of sp³-hybridized carbons (Fsp3) is 0.667. The summed E-state index contributed by atoms with van der Waals surface area (Å²) in [4.78, 5) is 15.3. The summed E-state index contributed by atoms with van der Waals surface area (Å²) in [6, 6.07) is 3.32. The molecule has 8 heteroatoms. The quantitative estimate of drug-likeness (QED) is 0.219. The standard InChI is InChI=1S/C18H30N4O3.HI/c1-3-24-11-10-18(8-4-5-9-18)13-22-17(20-2)21-12-14-6-7-15(25-14)16(19)23;/h6-7H,3-5,8-13H2,1-2H3,(H2,19,23)(H2,20,21,22);1H. The highest BCUT2D eigenvalue weighted by molar-refractivity contribution is 14.0. The van der Waals surface area contributed by atoms with Crippen molar-refractivity contribution in [1.82, 2.24) is 10.6 Å². The van der Waals surface area contributed by atoms with Crippen LogP contribution in [0.15, 0.2) is 21.5 Å². The summed E-state index contributed by atoms with van der Waals surface area (Å²) in [6.45, 7) is 4.93. The Labute approximate surface area is 172 Å². The third-order valence-corrected chi connectivity index (χ3v) is 4.83. The topological polar surface area (TPSA) is 102 Å². The van der Waals surface area contributed by atoms with Crippen molar-refractivity contribution in [3.63, 3.8) is 0 Å². The van der Waals surface area contributed by atoms with Crippen LogP contribution in [0.3, 0.4) is 0 Å². The van der Waals surface area contributed by atoms with Crippen molar-refractivity contribution < 1.29 is 13.9 Å². The van der Waals surface area contributed by atoms with E-state index in [0.717, 1.165) is 32.1 Å². The highest BCUT2D eigenvalue weighted by Crippen LogP contribution is 2.40. The lowest BCUT2D eigenvalue weighted by Crippen LogP contribution is -2.43. The van der Waals surface area contributed by atoms with Crippen molar-refractivity contribution in [1.29, 1.82) is 0 Å². The molecule has 0 atom stereocenters. The predicted molar refractivity (Wildman–Crippen MR) is 113 cm³/mol. The first-order chi connectivity index (χ1) is 12.1. The predicted octanol–water partition coefficient (Wildman–Crippen LogP) is 2.65. The van der Waals surface area contributed by atoms with Gasteiger partial charge in [0.05, 0.1) is 6.54 Å². The van der Waals surface area contributed by atoms with Crippen LogP contribution in [0.4, 0.5) is 0 Å². The molecule has 1 saturated carbocycles. The van der Waals surface area contributed by atoms with Crippen LogP contribution in [-0.2, 0) is 11.3 Å². The molecular formula is C18H31IN4O3. The minimum atomic E-state index is -0.564. The number of aliphatic imine (C=N–C) groups is 1. The van der Waals surface area contributed by atoms with Crippen molar-refractivity contribution in [3.05, 3.63) is 23.7 Å². The number of hydrogen-bond donors (Lipinski definition) is 3. The van der Waals surface area contributed by atoms with E-state index in [1.807, 2.05) is 6.92 Å². The Morgan fingerprint density at radius 1 is 1.35 bits per heavy atom. The molecule has 1 heterocycles. The van der Waals surface area contributed by atoms with Crippen LogP contribution < -0.4 is 16.4 Å². The molecule has 0 aromatic carbocycles. The van der Waals surface area contributed by atoms with E-state index in [4.69, 9.17) is 14.9 Å². The Bertz CT molecular complexity index is 583. The van der Waals surface area contributed by atoms with E-state index in [2.05, 4.69) is 15.6 Å². The van der Waals surface area contributed by atoms with Crippen molar-refractivity contribution in [2.45, 2.75) is 45.6 Å². The van der Waals surface area contributed by atoms with Crippen LogP contribution in [0, 0.1) is 5.41 Å². The fourth-order valence-corrected chi connectivity index (χ4v) is 3.34. The molecule has 7 nitrogen and oxygen atoms in total. The number of primary amides is 1. The molecule has 0 saturated heterocycles. The van der Waals surface area contributed by atoms with Gasteiger partial charge in [0.15, 0.2) is 11.7 Å². The lowest BCUT2D eigenvalue weighted by Gasteiger charge is -2.30. The van der Waals surface area contributed by atoms with Gasteiger partial charge in [-0.3, -0.25) is 9.79 Å². The molecule has 0 radical (unpaired) electrons. The van der Waals surface area contributed by atoms with Crippen LogP contribution in [0.2, 0.25) is 0 Å². The zero-order valence-electron chi connectivity index (χ0n) is 15.7. The van der Waals surface area contributed by atoms with E-state index >= 15 is 0 Å². The number of hydrogen-bond acceptors (Lipinski definition) is 4.